The van der Waals surface area contributed by atoms with Crippen LogP contribution in [0.3, 0.4) is 0 Å². The standard InChI is InChI=1S/C32H37Cl2N5O5S/c1-4-38(5-2)31(42)37-22-14-16-23(17-15-22)45(43,44)39-28-19-18-26(33)24(11-7-6-10-20-36-21(3)40)29(28)32(35,30(39)41)25-12-8-9-13-27(25)34/h8-9,12-19H,4-7,10-11,20,35H2,1-3H3,(H,36,40)(H,37,42). The quantitative estimate of drug-likeness (QED) is 0.212. The molecule has 0 bridgehead atoms. The first kappa shape index (κ1) is 34.2. The molecule has 0 fully saturated rings. The number of nitrogens with two attached hydrogens (primary N) is 1. The molecule has 4 rings (SSSR count). The van der Waals surface area contributed by atoms with E-state index in [4.69, 9.17) is 28.9 Å². The monoisotopic (exact) mass is 673 g/mol. The van der Waals surface area contributed by atoms with Crippen LogP contribution in [0.5, 0.6) is 0 Å². The number of hydrogen-bond acceptors (Lipinski definition) is 6. The van der Waals surface area contributed by atoms with Gasteiger partial charge in [0.15, 0.2) is 5.54 Å². The summed E-state index contributed by atoms with van der Waals surface area (Å²) < 4.78 is 29.1. The van der Waals surface area contributed by atoms with Crippen LogP contribution in [0, 0.1) is 0 Å². The van der Waals surface area contributed by atoms with Crippen molar-refractivity contribution in [2.24, 2.45) is 5.73 Å². The van der Waals surface area contributed by atoms with Crippen LogP contribution in [-0.2, 0) is 31.6 Å². The third-order valence-electron chi connectivity index (χ3n) is 7.84. The molecule has 13 heteroatoms. The number of carbonyl (C=O) groups is 3. The zero-order valence-corrected chi connectivity index (χ0v) is 27.7. The minimum absolute atomic E-state index is 0.0963. The molecule has 3 aromatic carbocycles. The van der Waals surface area contributed by atoms with Crippen molar-refractivity contribution in [3.8, 4) is 0 Å². The molecule has 3 aromatic rings. The molecule has 45 heavy (non-hydrogen) atoms. The van der Waals surface area contributed by atoms with E-state index >= 15 is 0 Å². The van der Waals surface area contributed by atoms with Crippen molar-refractivity contribution in [2.75, 3.05) is 29.3 Å². The fourth-order valence-electron chi connectivity index (χ4n) is 5.51. The molecular weight excluding hydrogens is 637 g/mol. The molecule has 1 aliphatic heterocycles. The van der Waals surface area contributed by atoms with Gasteiger partial charge in [-0.3, -0.25) is 9.59 Å². The lowest BCUT2D eigenvalue weighted by Crippen LogP contribution is -2.50. The van der Waals surface area contributed by atoms with Gasteiger partial charge in [0.2, 0.25) is 5.91 Å². The summed E-state index contributed by atoms with van der Waals surface area (Å²) in [5.74, 6) is -0.996. The summed E-state index contributed by atoms with van der Waals surface area (Å²) in [4.78, 5) is 39.5. The number of nitrogens with one attached hydrogen (secondary N) is 2. The normalized spacial score (nSPS) is 16.0. The fourth-order valence-corrected chi connectivity index (χ4v) is 7.51. The highest BCUT2D eigenvalue weighted by Crippen LogP contribution is 2.50. The third-order valence-corrected chi connectivity index (χ3v) is 10.2. The maximum absolute atomic E-state index is 14.4. The number of benzene rings is 3. The number of urea groups is 1. The van der Waals surface area contributed by atoms with E-state index in [1.165, 1.54) is 37.3 Å². The van der Waals surface area contributed by atoms with Gasteiger partial charge in [0.05, 0.1) is 10.6 Å². The molecule has 240 valence electrons. The second-order valence-corrected chi connectivity index (χ2v) is 13.3. The first-order valence-corrected chi connectivity index (χ1v) is 16.9. The summed E-state index contributed by atoms with van der Waals surface area (Å²) in [6.45, 7) is 6.73. The molecule has 1 aliphatic rings. The number of carbonyl (C=O) groups excluding carboxylic acids is 3. The molecule has 0 aromatic heterocycles. The second-order valence-electron chi connectivity index (χ2n) is 10.7. The predicted molar refractivity (Wildman–Crippen MR) is 177 cm³/mol. The number of fused-ring (bicyclic) bond motifs is 1. The molecule has 0 radical (unpaired) electrons. The molecule has 0 spiro atoms. The van der Waals surface area contributed by atoms with Crippen molar-refractivity contribution in [3.05, 3.63) is 87.4 Å². The van der Waals surface area contributed by atoms with E-state index in [1.807, 2.05) is 13.8 Å². The van der Waals surface area contributed by atoms with Crippen LogP contribution in [0.15, 0.2) is 65.6 Å². The summed E-state index contributed by atoms with van der Waals surface area (Å²) in [6.07, 6.45) is 2.54. The predicted octanol–water partition coefficient (Wildman–Crippen LogP) is 5.65. The van der Waals surface area contributed by atoms with Crippen LogP contribution in [0.4, 0.5) is 16.2 Å². The van der Waals surface area contributed by atoms with Gasteiger partial charge in [-0.2, -0.15) is 0 Å². The molecule has 0 saturated heterocycles. The molecule has 0 saturated carbocycles. The van der Waals surface area contributed by atoms with Crippen molar-refractivity contribution >= 4 is 62.4 Å². The molecule has 4 N–H and O–H groups in total. The maximum atomic E-state index is 14.4. The number of hydrogen-bond donors (Lipinski definition) is 3. The summed E-state index contributed by atoms with van der Waals surface area (Å²) in [5.41, 5.74) is 6.62. The summed E-state index contributed by atoms with van der Waals surface area (Å²) in [5, 5.41) is 6.06. The van der Waals surface area contributed by atoms with E-state index in [0.29, 0.717) is 48.7 Å². The third kappa shape index (κ3) is 6.81. The van der Waals surface area contributed by atoms with E-state index in [9.17, 15) is 22.8 Å². The lowest BCUT2D eigenvalue weighted by Gasteiger charge is -2.27. The van der Waals surface area contributed by atoms with Crippen LogP contribution in [0.25, 0.3) is 0 Å². The Balaban J connectivity index is 1.75. The average molecular weight is 675 g/mol. The molecule has 10 nitrogen and oxygen atoms in total. The molecule has 1 unspecified atom stereocenters. The molecule has 1 atom stereocenters. The molecule has 4 amide bonds. The Bertz CT molecular complexity index is 1700. The molecule has 1 heterocycles. The Morgan fingerprint density at radius 1 is 0.933 bits per heavy atom. The van der Waals surface area contributed by atoms with E-state index in [-0.39, 0.29) is 38.7 Å². The van der Waals surface area contributed by atoms with Crippen LogP contribution in [0.1, 0.15) is 56.7 Å². The SMILES string of the molecule is CCN(CC)C(=O)Nc1ccc(S(=O)(=O)N2C(=O)C(N)(c3ccccc3Cl)c3c2ccc(Cl)c3CCCCCNC(C)=O)cc1. The van der Waals surface area contributed by atoms with E-state index in [2.05, 4.69) is 10.6 Å². The Morgan fingerprint density at radius 2 is 1.60 bits per heavy atom. The fraction of sp³-hybridized carbons (Fsp3) is 0.344. The zero-order chi connectivity index (χ0) is 32.9. The van der Waals surface area contributed by atoms with Crippen LogP contribution in [-0.4, -0.2) is 50.8 Å². The average Bonchev–Trinajstić information content (AvgIpc) is 3.24. The smallest absolute Gasteiger partial charge is 0.321 e. The number of nitrogens with zero attached hydrogens (tertiary/aromatic N) is 2. The summed E-state index contributed by atoms with van der Waals surface area (Å²) >= 11 is 13.3. The summed E-state index contributed by atoms with van der Waals surface area (Å²) in [6, 6.07) is 14.9. The van der Waals surface area contributed by atoms with Gasteiger partial charge in [-0.05, 0) is 81.1 Å². The first-order valence-electron chi connectivity index (χ1n) is 14.7. The lowest BCUT2D eigenvalue weighted by atomic mass is 9.81. The zero-order valence-electron chi connectivity index (χ0n) is 25.4. The van der Waals surface area contributed by atoms with Gasteiger partial charge in [0.1, 0.15) is 0 Å². The number of sulfonamides is 1. The molecular formula is C32H37Cl2N5O5S. The minimum Gasteiger partial charge on any atom is -0.356 e. The number of anilines is 2. The molecule has 0 aliphatic carbocycles. The van der Waals surface area contributed by atoms with Crippen molar-refractivity contribution in [3.63, 3.8) is 0 Å². The van der Waals surface area contributed by atoms with Gasteiger partial charge < -0.3 is 21.3 Å². The van der Waals surface area contributed by atoms with Crippen molar-refractivity contribution < 1.29 is 22.8 Å². The highest BCUT2D eigenvalue weighted by molar-refractivity contribution is 7.93. The second kappa shape index (κ2) is 14.2. The Labute approximate surface area is 273 Å². The van der Waals surface area contributed by atoms with Gasteiger partial charge in [-0.25, -0.2) is 17.5 Å². The van der Waals surface area contributed by atoms with Crippen LogP contribution < -0.4 is 20.7 Å². The van der Waals surface area contributed by atoms with Crippen LogP contribution in [0.2, 0.25) is 10.0 Å². The van der Waals surface area contributed by atoms with Gasteiger partial charge in [0, 0.05) is 53.4 Å². The minimum atomic E-state index is -4.48. The summed E-state index contributed by atoms with van der Waals surface area (Å²) in [7, 11) is -4.48. The number of amides is 4. The van der Waals surface area contributed by atoms with E-state index < -0.39 is 21.5 Å². The van der Waals surface area contributed by atoms with E-state index in [1.54, 1.807) is 35.2 Å². The Hall–Kier alpha value is -3.64. The highest BCUT2D eigenvalue weighted by Gasteiger charge is 2.55. The number of rotatable bonds is 12. The van der Waals surface area contributed by atoms with E-state index in [0.717, 1.165) is 17.1 Å². The van der Waals surface area contributed by atoms with Crippen LogP contribution >= 0.6 is 23.2 Å². The van der Waals surface area contributed by atoms with Crippen molar-refractivity contribution in [1.82, 2.24) is 10.2 Å². The maximum Gasteiger partial charge on any atom is 0.321 e. The van der Waals surface area contributed by atoms with Crippen molar-refractivity contribution in [1.29, 1.82) is 0 Å². The van der Waals surface area contributed by atoms with Crippen molar-refractivity contribution in [2.45, 2.75) is 56.9 Å². The Kier molecular flexibility index (Phi) is 10.8. The lowest BCUT2D eigenvalue weighted by molar-refractivity contribution is -0.120. The number of halogens is 2. The largest absolute Gasteiger partial charge is 0.356 e. The van der Waals surface area contributed by atoms with Gasteiger partial charge in [-0.15, -0.1) is 0 Å². The highest BCUT2D eigenvalue weighted by atomic mass is 35.5. The Morgan fingerprint density at radius 3 is 2.22 bits per heavy atom. The van der Waals surface area contributed by atoms with Gasteiger partial charge >= 0.3 is 6.03 Å². The first-order chi connectivity index (χ1) is 21.4. The van der Waals surface area contributed by atoms with Gasteiger partial charge in [-0.1, -0.05) is 47.8 Å². The topological polar surface area (TPSA) is 142 Å². The number of unbranched alkanes of at least 4 members (excludes halogenated alkanes) is 2. The van der Waals surface area contributed by atoms with Gasteiger partial charge in [0.25, 0.3) is 15.9 Å².